The first kappa shape index (κ1) is 21.0. The Balaban J connectivity index is 5.18. The van der Waals surface area contributed by atoms with Crippen molar-refractivity contribution < 1.29 is 41.0 Å². The first-order chi connectivity index (χ1) is 9.47. The lowest BCUT2D eigenvalue weighted by atomic mass is 9.86. The highest BCUT2D eigenvalue weighted by Crippen LogP contribution is 2.46. The predicted molar refractivity (Wildman–Crippen MR) is 64.7 cm³/mol. The Labute approximate surface area is 123 Å². The molecule has 2 atom stereocenters. The number of hydrogen-bond donors (Lipinski definition) is 2. The average Bonchev–Trinajstić information content (AvgIpc) is 2.24. The van der Waals surface area contributed by atoms with Gasteiger partial charge in [0.25, 0.3) is 5.60 Å². The highest BCUT2D eigenvalue weighted by molar-refractivity contribution is 5.76. The van der Waals surface area contributed by atoms with Crippen molar-refractivity contribution in [2.75, 3.05) is 0 Å². The first-order valence-corrected chi connectivity index (χ1v) is 6.29. The molecule has 0 spiro atoms. The van der Waals surface area contributed by atoms with Gasteiger partial charge in [0.05, 0.1) is 5.41 Å². The molecule has 0 saturated carbocycles. The zero-order valence-corrected chi connectivity index (χ0v) is 12.5. The fraction of sp³-hybridized carbons (Fsp3) is 0.917. The lowest BCUT2D eigenvalue weighted by molar-refractivity contribution is -0.373. The molecule has 0 bridgehead atoms. The summed E-state index contributed by atoms with van der Waals surface area (Å²) in [6.45, 7) is 4.95. The number of alkyl halides is 6. The molecule has 0 aromatic rings. The Morgan fingerprint density at radius 3 is 1.73 bits per heavy atom. The monoisotopic (exact) mass is 339 g/mol. The minimum absolute atomic E-state index is 0.740. The molecule has 0 radical (unpaired) electrons. The predicted octanol–water partition coefficient (Wildman–Crippen LogP) is 2.54. The van der Waals surface area contributed by atoms with Crippen molar-refractivity contribution in [3.8, 4) is 0 Å². The van der Waals surface area contributed by atoms with Gasteiger partial charge in [0.15, 0.2) is 0 Å². The van der Waals surface area contributed by atoms with Crippen LogP contribution in [0.4, 0.5) is 26.3 Å². The van der Waals surface area contributed by atoms with E-state index in [1.54, 1.807) is 0 Å². The molecule has 0 heterocycles. The van der Waals surface area contributed by atoms with Crippen LogP contribution in [0.1, 0.15) is 34.1 Å². The molecule has 0 aromatic heterocycles. The Kier molecular flexibility index (Phi) is 5.94. The van der Waals surface area contributed by atoms with Gasteiger partial charge in [-0.15, -0.1) is 0 Å². The maximum atomic E-state index is 12.5. The summed E-state index contributed by atoms with van der Waals surface area (Å²) in [6, 6.07) is -0.740. The summed E-state index contributed by atoms with van der Waals surface area (Å²) in [7, 11) is 0. The number of carbonyl (C=O) groups is 1. The Morgan fingerprint density at radius 2 is 1.45 bits per heavy atom. The number of rotatable bonds is 5. The van der Waals surface area contributed by atoms with Crippen molar-refractivity contribution in [3.05, 3.63) is 0 Å². The van der Waals surface area contributed by atoms with Gasteiger partial charge in [0.2, 0.25) is 0 Å². The molecule has 0 saturated heterocycles. The van der Waals surface area contributed by atoms with Crippen molar-refractivity contribution in [2.45, 2.75) is 64.2 Å². The molecule has 3 N–H and O–H groups in total. The maximum absolute atomic E-state index is 12.5. The van der Waals surface area contributed by atoms with Gasteiger partial charge in [0.1, 0.15) is 6.10 Å². The third kappa shape index (κ3) is 4.25. The van der Waals surface area contributed by atoms with Crippen LogP contribution in [0, 0.1) is 5.41 Å². The van der Waals surface area contributed by atoms with Crippen molar-refractivity contribution in [1.82, 2.24) is 0 Å². The summed E-state index contributed by atoms with van der Waals surface area (Å²) in [5.41, 5.74) is -0.761. The van der Waals surface area contributed by atoms with Gasteiger partial charge in [-0.05, 0) is 27.7 Å². The number of carbonyl (C=O) groups excluding carboxylic acids is 1. The van der Waals surface area contributed by atoms with E-state index in [2.05, 4.69) is 4.74 Å². The van der Waals surface area contributed by atoms with Crippen LogP contribution in [-0.4, -0.2) is 41.2 Å². The van der Waals surface area contributed by atoms with E-state index < -0.39 is 47.9 Å². The molecule has 0 aliphatic heterocycles. The largest absolute Gasteiger partial charge is 0.462 e. The number of esters is 1. The molecular formula is C12H19F6NO3. The molecule has 10 heteroatoms. The fourth-order valence-corrected chi connectivity index (χ4v) is 1.37. The third-order valence-electron chi connectivity index (χ3n) is 3.49. The standard InChI is InChI=1S/C12H19F6NO3/c1-6(22-8(20)9(3,4)7(2)19)5-10(21,11(13,14)15)12(16,17)18/h6-7,21H,5,19H2,1-4H3. The van der Waals surface area contributed by atoms with Gasteiger partial charge in [0, 0.05) is 12.5 Å². The highest BCUT2D eigenvalue weighted by Gasteiger charge is 2.70. The van der Waals surface area contributed by atoms with Gasteiger partial charge in [-0.25, -0.2) is 0 Å². The normalized spacial score (nSPS) is 17.1. The molecule has 0 amide bonds. The number of ether oxygens (including phenoxy) is 1. The van der Waals surface area contributed by atoms with Crippen LogP contribution in [0.15, 0.2) is 0 Å². The summed E-state index contributed by atoms with van der Waals surface area (Å²) in [5, 5.41) is 9.01. The van der Waals surface area contributed by atoms with Crippen LogP contribution < -0.4 is 5.73 Å². The second kappa shape index (κ2) is 6.23. The summed E-state index contributed by atoms with van der Waals surface area (Å²) in [5.74, 6) is -1.05. The average molecular weight is 339 g/mol. The van der Waals surface area contributed by atoms with Crippen LogP contribution in [0.3, 0.4) is 0 Å². The molecular weight excluding hydrogens is 320 g/mol. The van der Waals surface area contributed by atoms with E-state index in [1.807, 2.05) is 0 Å². The fourth-order valence-electron chi connectivity index (χ4n) is 1.37. The minimum atomic E-state index is -5.96. The van der Waals surface area contributed by atoms with E-state index in [-0.39, 0.29) is 0 Å². The molecule has 0 aromatic carbocycles. The number of halogens is 6. The number of hydrogen-bond acceptors (Lipinski definition) is 4. The van der Waals surface area contributed by atoms with Crippen LogP contribution >= 0.6 is 0 Å². The van der Waals surface area contributed by atoms with Crippen molar-refractivity contribution in [2.24, 2.45) is 11.1 Å². The minimum Gasteiger partial charge on any atom is -0.462 e. The molecule has 22 heavy (non-hydrogen) atoms. The van der Waals surface area contributed by atoms with Gasteiger partial charge >= 0.3 is 18.3 Å². The molecule has 0 aliphatic carbocycles. The van der Waals surface area contributed by atoms with E-state index in [0.29, 0.717) is 0 Å². The summed E-state index contributed by atoms with van der Waals surface area (Å²) >= 11 is 0. The van der Waals surface area contributed by atoms with Crippen molar-refractivity contribution in [1.29, 1.82) is 0 Å². The Morgan fingerprint density at radius 1 is 1.09 bits per heavy atom. The lowest BCUT2D eigenvalue weighted by Crippen LogP contribution is -2.58. The second-order valence-corrected chi connectivity index (χ2v) is 5.79. The number of nitrogens with two attached hydrogens (primary N) is 1. The van der Waals surface area contributed by atoms with Crippen molar-refractivity contribution in [3.63, 3.8) is 0 Å². The van der Waals surface area contributed by atoms with E-state index in [9.17, 15) is 31.1 Å². The molecule has 0 aliphatic rings. The quantitative estimate of drug-likeness (QED) is 0.596. The molecule has 0 rings (SSSR count). The van der Waals surface area contributed by atoms with Gasteiger partial charge in [-0.1, -0.05) is 0 Å². The van der Waals surface area contributed by atoms with Gasteiger partial charge < -0.3 is 15.6 Å². The zero-order chi connectivity index (χ0) is 18.1. The molecule has 4 nitrogen and oxygen atoms in total. The van der Waals surface area contributed by atoms with Gasteiger partial charge in [-0.3, -0.25) is 4.79 Å². The van der Waals surface area contributed by atoms with Crippen LogP contribution in [-0.2, 0) is 9.53 Å². The van der Waals surface area contributed by atoms with Crippen LogP contribution in [0.25, 0.3) is 0 Å². The molecule has 132 valence electrons. The van der Waals surface area contributed by atoms with Crippen LogP contribution in [0.2, 0.25) is 0 Å². The zero-order valence-electron chi connectivity index (χ0n) is 12.5. The van der Waals surface area contributed by atoms with Crippen molar-refractivity contribution >= 4 is 5.97 Å². The smallest absolute Gasteiger partial charge is 0.426 e. The summed E-state index contributed by atoms with van der Waals surface area (Å²) in [6.07, 6.45) is -15.6. The third-order valence-corrected chi connectivity index (χ3v) is 3.49. The number of aliphatic hydroxyl groups is 1. The lowest BCUT2D eigenvalue weighted by Gasteiger charge is -2.35. The summed E-state index contributed by atoms with van der Waals surface area (Å²) in [4.78, 5) is 11.8. The van der Waals surface area contributed by atoms with Gasteiger partial charge in [-0.2, -0.15) is 26.3 Å². The van der Waals surface area contributed by atoms with E-state index in [1.165, 1.54) is 20.8 Å². The van der Waals surface area contributed by atoms with E-state index in [0.717, 1.165) is 6.92 Å². The maximum Gasteiger partial charge on any atom is 0.426 e. The van der Waals surface area contributed by atoms with E-state index >= 15 is 0 Å². The Hall–Kier alpha value is -1.03. The Bertz CT molecular complexity index is 389. The topological polar surface area (TPSA) is 72.5 Å². The first-order valence-electron chi connectivity index (χ1n) is 6.29. The second-order valence-electron chi connectivity index (χ2n) is 5.79. The SMILES string of the molecule is CC(CC(O)(C(F)(F)F)C(F)(F)F)OC(=O)C(C)(C)C(C)N. The van der Waals surface area contributed by atoms with Crippen LogP contribution in [0.5, 0.6) is 0 Å². The summed E-state index contributed by atoms with van der Waals surface area (Å²) < 4.78 is 79.8. The molecule has 2 unspecified atom stereocenters. The highest BCUT2D eigenvalue weighted by atomic mass is 19.4. The molecule has 0 fully saturated rings. The van der Waals surface area contributed by atoms with E-state index in [4.69, 9.17) is 10.8 Å².